The van der Waals surface area contributed by atoms with Crippen LogP contribution in [0.1, 0.15) is 5.56 Å². The molecule has 104 valence electrons. The molecule has 0 atom stereocenters. The summed E-state index contributed by atoms with van der Waals surface area (Å²) in [6, 6.07) is 13.0. The summed E-state index contributed by atoms with van der Waals surface area (Å²) in [6.45, 7) is 0. The van der Waals surface area contributed by atoms with Gasteiger partial charge in [-0.3, -0.25) is 5.41 Å². The molecule has 0 spiro atoms. The summed E-state index contributed by atoms with van der Waals surface area (Å²) in [4.78, 5) is 8.11. The third-order valence-electron chi connectivity index (χ3n) is 2.74. The first-order valence-corrected chi connectivity index (χ1v) is 6.18. The molecule has 0 amide bonds. The van der Waals surface area contributed by atoms with E-state index in [0.29, 0.717) is 5.56 Å². The van der Waals surface area contributed by atoms with Gasteiger partial charge in [0.1, 0.15) is 12.2 Å². The third kappa shape index (κ3) is 2.71. The Kier molecular flexibility index (Phi) is 3.30. The fourth-order valence-electron chi connectivity index (χ4n) is 1.76. The molecule has 0 fully saturated rings. The highest BCUT2D eigenvalue weighted by atomic mass is 16.5. The number of rotatable bonds is 4. The van der Waals surface area contributed by atoms with Crippen LogP contribution in [0.15, 0.2) is 55.0 Å². The van der Waals surface area contributed by atoms with Crippen LogP contribution < -0.4 is 10.5 Å². The Balaban J connectivity index is 1.87. The van der Waals surface area contributed by atoms with E-state index in [4.69, 9.17) is 15.9 Å². The fourth-order valence-corrected chi connectivity index (χ4v) is 1.76. The number of hydrogen-bond donors (Lipinski definition) is 2. The molecule has 1 aromatic carbocycles. The average Bonchev–Trinajstić information content (AvgIpc) is 2.97. The minimum atomic E-state index is -0.124. The van der Waals surface area contributed by atoms with Crippen molar-refractivity contribution in [1.29, 1.82) is 5.41 Å². The summed E-state index contributed by atoms with van der Waals surface area (Å²) < 4.78 is 7.09. The van der Waals surface area contributed by atoms with Crippen molar-refractivity contribution in [2.75, 3.05) is 0 Å². The van der Waals surface area contributed by atoms with Gasteiger partial charge in [-0.05, 0) is 24.3 Å². The van der Waals surface area contributed by atoms with Gasteiger partial charge in [-0.15, -0.1) is 5.10 Å². The number of pyridine rings is 1. The maximum Gasteiger partial charge on any atom is 0.342 e. The zero-order valence-electron chi connectivity index (χ0n) is 11.0. The fraction of sp³-hybridized carbons (Fsp3) is 0. The first kappa shape index (κ1) is 12.8. The van der Waals surface area contributed by atoms with Gasteiger partial charge in [0, 0.05) is 6.20 Å². The SMILES string of the molecule is N=C(N)c1cccnc1Oc1ncn(-c2ccccc2)n1. The lowest BCUT2D eigenvalue weighted by Crippen LogP contribution is -2.13. The van der Waals surface area contributed by atoms with E-state index in [2.05, 4.69) is 15.1 Å². The van der Waals surface area contributed by atoms with Gasteiger partial charge in [-0.1, -0.05) is 18.2 Å². The second kappa shape index (κ2) is 5.41. The summed E-state index contributed by atoms with van der Waals surface area (Å²) in [7, 11) is 0. The molecular weight excluding hydrogens is 268 g/mol. The van der Waals surface area contributed by atoms with Crippen LogP contribution >= 0.6 is 0 Å². The summed E-state index contributed by atoms with van der Waals surface area (Å²) in [5.74, 6) is 0.0800. The highest BCUT2D eigenvalue weighted by Gasteiger charge is 2.11. The van der Waals surface area contributed by atoms with Gasteiger partial charge in [-0.2, -0.15) is 4.98 Å². The van der Waals surface area contributed by atoms with Crippen LogP contribution in [0, 0.1) is 5.41 Å². The second-order valence-electron chi connectivity index (χ2n) is 4.18. The monoisotopic (exact) mass is 280 g/mol. The van der Waals surface area contributed by atoms with Crippen molar-refractivity contribution in [2.45, 2.75) is 0 Å². The van der Waals surface area contributed by atoms with E-state index in [1.54, 1.807) is 29.3 Å². The predicted octanol–water partition coefficient (Wildman–Crippen LogP) is 1.74. The molecule has 3 rings (SSSR count). The van der Waals surface area contributed by atoms with Crippen molar-refractivity contribution < 1.29 is 4.74 Å². The normalized spacial score (nSPS) is 10.3. The predicted molar refractivity (Wildman–Crippen MR) is 76.7 cm³/mol. The topological polar surface area (TPSA) is 103 Å². The molecule has 2 aromatic heterocycles. The quantitative estimate of drug-likeness (QED) is 0.559. The van der Waals surface area contributed by atoms with Gasteiger partial charge in [-0.25, -0.2) is 9.67 Å². The molecule has 0 saturated carbocycles. The average molecular weight is 280 g/mol. The van der Waals surface area contributed by atoms with Crippen molar-refractivity contribution in [1.82, 2.24) is 19.7 Å². The molecule has 3 aromatic rings. The maximum absolute atomic E-state index is 7.49. The van der Waals surface area contributed by atoms with Crippen molar-refractivity contribution in [3.05, 3.63) is 60.6 Å². The molecular formula is C14H12N6O. The van der Waals surface area contributed by atoms with E-state index in [1.807, 2.05) is 30.3 Å². The Morgan fingerprint density at radius 2 is 1.90 bits per heavy atom. The highest BCUT2D eigenvalue weighted by molar-refractivity contribution is 5.97. The zero-order valence-corrected chi connectivity index (χ0v) is 11.0. The summed E-state index contributed by atoms with van der Waals surface area (Å²) in [5, 5.41) is 11.7. The number of nitrogens with two attached hydrogens (primary N) is 1. The molecule has 21 heavy (non-hydrogen) atoms. The zero-order chi connectivity index (χ0) is 14.7. The van der Waals surface area contributed by atoms with Gasteiger partial charge >= 0.3 is 6.01 Å². The molecule has 7 heteroatoms. The van der Waals surface area contributed by atoms with Crippen molar-refractivity contribution in [3.8, 4) is 17.6 Å². The van der Waals surface area contributed by atoms with Gasteiger partial charge in [0.05, 0.1) is 11.3 Å². The summed E-state index contributed by atoms with van der Waals surface area (Å²) >= 11 is 0. The van der Waals surface area contributed by atoms with Crippen LogP contribution in [-0.2, 0) is 0 Å². The number of nitrogen functional groups attached to an aromatic ring is 1. The van der Waals surface area contributed by atoms with Gasteiger partial charge in [0.25, 0.3) is 0 Å². The first-order valence-electron chi connectivity index (χ1n) is 6.18. The summed E-state index contributed by atoms with van der Waals surface area (Å²) in [6.07, 6.45) is 3.09. The van der Waals surface area contributed by atoms with Gasteiger partial charge in [0.15, 0.2) is 0 Å². The molecule has 0 aliphatic heterocycles. The van der Waals surface area contributed by atoms with E-state index in [0.717, 1.165) is 5.69 Å². The Morgan fingerprint density at radius 3 is 2.67 bits per heavy atom. The maximum atomic E-state index is 7.49. The van der Waals surface area contributed by atoms with Gasteiger partial charge in [0.2, 0.25) is 5.88 Å². The lowest BCUT2D eigenvalue weighted by molar-refractivity contribution is 0.424. The molecule has 3 N–H and O–H groups in total. The van der Waals surface area contributed by atoms with Crippen LogP contribution in [-0.4, -0.2) is 25.6 Å². The Morgan fingerprint density at radius 1 is 1.10 bits per heavy atom. The van der Waals surface area contributed by atoms with Crippen molar-refractivity contribution >= 4 is 5.84 Å². The highest BCUT2D eigenvalue weighted by Crippen LogP contribution is 2.19. The molecule has 0 bridgehead atoms. The molecule has 0 aliphatic carbocycles. The second-order valence-corrected chi connectivity index (χ2v) is 4.18. The number of aromatic nitrogens is 4. The minimum Gasteiger partial charge on any atom is -0.403 e. The van der Waals surface area contributed by atoms with Crippen LogP contribution in [0.2, 0.25) is 0 Å². The number of hydrogen-bond acceptors (Lipinski definition) is 5. The van der Waals surface area contributed by atoms with Crippen molar-refractivity contribution in [3.63, 3.8) is 0 Å². The van der Waals surface area contributed by atoms with Crippen LogP contribution in [0.4, 0.5) is 0 Å². The number of benzene rings is 1. The lowest BCUT2D eigenvalue weighted by Gasteiger charge is -2.05. The Labute approximate surface area is 120 Å². The van der Waals surface area contributed by atoms with Gasteiger partial charge < -0.3 is 10.5 Å². The molecule has 0 unspecified atom stereocenters. The van der Waals surface area contributed by atoms with Crippen LogP contribution in [0.5, 0.6) is 11.9 Å². The number of ether oxygens (including phenoxy) is 1. The van der Waals surface area contributed by atoms with E-state index >= 15 is 0 Å². The third-order valence-corrected chi connectivity index (χ3v) is 2.74. The molecule has 0 radical (unpaired) electrons. The standard InChI is InChI=1S/C14H12N6O/c15-12(16)11-7-4-8-17-13(11)21-14-18-9-20(19-14)10-5-2-1-3-6-10/h1-9H,(H3,15,16). The molecule has 0 saturated heterocycles. The number of para-hydroxylation sites is 1. The van der Waals surface area contributed by atoms with E-state index in [9.17, 15) is 0 Å². The van der Waals surface area contributed by atoms with E-state index in [1.165, 1.54) is 0 Å². The number of amidine groups is 1. The lowest BCUT2D eigenvalue weighted by atomic mass is 10.2. The van der Waals surface area contributed by atoms with E-state index in [-0.39, 0.29) is 17.7 Å². The minimum absolute atomic E-state index is 0.124. The summed E-state index contributed by atoms with van der Waals surface area (Å²) in [5.41, 5.74) is 6.75. The molecule has 2 heterocycles. The smallest absolute Gasteiger partial charge is 0.342 e. The number of nitrogens with zero attached hydrogens (tertiary/aromatic N) is 4. The Bertz CT molecular complexity index is 768. The largest absolute Gasteiger partial charge is 0.403 e. The first-order chi connectivity index (χ1) is 10.2. The molecule has 0 aliphatic rings. The molecule has 7 nitrogen and oxygen atoms in total. The van der Waals surface area contributed by atoms with E-state index < -0.39 is 0 Å². The number of nitrogens with one attached hydrogen (secondary N) is 1. The van der Waals surface area contributed by atoms with Crippen LogP contribution in [0.25, 0.3) is 5.69 Å². The van der Waals surface area contributed by atoms with Crippen molar-refractivity contribution in [2.24, 2.45) is 5.73 Å². The Hall–Kier alpha value is -3.22. The van der Waals surface area contributed by atoms with Crippen LogP contribution in [0.3, 0.4) is 0 Å².